The van der Waals surface area contributed by atoms with Crippen LogP contribution in [-0.4, -0.2) is 60.0 Å². The van der Waals surface area contributed by atoms with E-state index in [-0.39, 0.29) is 0 Å². The van der Waals surface area contributed by atoms with Gasteiger partial charge in [-0.05, 0) is 63.6 Å². The van der Waals surface area contributed by atoms with Crippen LogP contribution in [0.3, 0.4) is 0 Å². The second-order valence-corrected chi connectivity index (χ2v) is 5.83. The van der Waals surface area contributed by atoms with Crippen molar-refractivity contribution in [2.24, 2.45) is 4.99 Å². The lowest BCUT2D eigenvalue weighted by Gasteiger charge is -2.17. The molecule has 5 nitrogen and oxygen atoms in total. The largest absolute Gasteiger partial charge is 0.391 e. The summed E-state index contributed by atoms with van der Waals surface area (Å²) in [7, 11) is 0. The molecule has 0 aliphatic carbocycles. The van der Waals surface area contributed by atoms with E-state index in [0.29, 0.717) is 6.54 Å². The van der Waals surface area contributed by atoms with Gasteiger partial charge in [0.1, 0.15) is 0 Å². The average molecular weight is 320 g/mol. The summed E-state index contributed by atoms with van der Waals surface area (Å²) in [4.78, 5) is 11.0. The number of rotatable bonds is 12. The Morgan fingerprint density at radius 2 is 2.13 bits per heavy atom. The molecule has 0 bridgehead atoms. The Labute approximate surface area is 140 Å². The third-order valence-electron chi connectivity index (χ3n) is 3.73. The predicted molar refractivity (Wildman–Crippen MR) is 97.1 cm³/mol. The monoisotopic (exact) mass is 320 g/mol. The van der Waals surface area contributed by atoms with Gasteiger partial charge in [0, 0.05) is 19.0 Å². The maximum absolute atomic E-state index is 9.20. The van der Waals surface area contributed by atoms with Gasteiger partial charge in [-0.25, -0.2) is 0 Å². The Balaban J connectivity index is 2.23. The van der Waals surface area contributed by atoms with Crippen molar-refractivity contribution in [2.75, 3.05) is 32.7 Å². The molecule has 1 aromatic heterocycles. The zero-order valence-electron chi connectivity index (χ0n) is 14.8. The summed E-state index contributed by atoms with van der Waals surface area (Å²) in [6, 6.07) is 3.97. The molecule has 23 heavy (non-hydrogen) atoms. The first-order chi connectivity index (χ1) is 11.2. The van der Waals surface area contributed by atoms with Crippen molar-refractivity contribution in [3.8, 4) is 0 Å². The van der Waals surface area contributed by atoms with E-state index in [1.165, 1.54) is 19.4 Å². The normalized spacial score (nSPS) is 13.1. The van der Waals surface area contributed by atoms with Crippen LogP contribution in [0.2, 0.25) is 0 Å². The number of aromatic nitrogens is 1. The molecule has 1 rings (SSSR count). The third kappa shape index (κ3) is 9.43. The van der Waals surface area contributed by atoms with Gasteiger partial charge in [0.15, 0.2) is 0 Å². The van der Waals surface area contributed by atoms with E-state index in [9.17, 15) is 5.11 Å². The minimum Gasteiger partial charge on any atom is -0.391 e. The highest BCUT2D eigenvalue weighted by molar-refractivity contribution is 5.79. The van der Waals surface area contributed by atoms with Crippen LogP contribution < -0.4 is 5.32 Å². The zero-order valence-corrected chi connectivity index (χ0v) is 14.8. The van der Waals surface area contributed by atoms with Crippen LogP contribution in [0.1, 0.15) is 44.9 Å². The number of aliphatic imine (C=N–C) groups is 1. The van der Waals surface area contributed by atoms with Crippen molar-refractivity contribution in [3.05, 3.63) is 29.6 Å². The molecule has 1 heterocycles. The van der Waals surface area contributed by atoms with Crippen LogP contribution in [0.15, 0.2) is 23.3 Å². The number of pyridine rings is 1. The molecule has 0 spiro atoms. The summed E-state index contributed by atoms with van der Waals surface area (Å²) in [5, 5.41) is 12.6. The fourth-order valence-corrected chi connectivity index (χ4v) is 2.33. The van der Waals surface area contributed by atoms with Gasteiger partial charge in [0.2, 0.25) is 0 Å². The maximum Gasteiger partial charge on any atom is 0.0707 e. The fourth-order valence-electron chi connectivity index (χ4n) is 2.33. The topological polar surface area (TPSA) is 60.8 Å². The van der Waals surface area contributed by atoms with Crippen LogP contribution in [0.5, 0.6) is 0 Å². The Hall–Kier alpha value is -1.30. The van der Waals surface area contributed by atoms with E-state index in [1.807, 2.05) is 12.1 Å². The highest BCUT2D eigenvalue weighted by Crippen LogP contribution is 2.00. The van der Waals surface area contributed by atoms with Crippen LogP contribution in [0.25, 0.3) is 0 Å². The summed E-state index contributed by atoms with van der Waals surface area (Å²) in [5.74, 6) is 0. The molecule has 0 aliphatic heterocycles. The van der Waals surface area contributed by atoms with Gasteiger partial charge < -0.3 is 15.3 Å². The molecule has 0 saturated heterocycles. The second-order valence-electron chi connectivity index (χ2n) is 5.83. The molecule has 0 saturated carbocycles. The second kappa shape index (κ2) is 12.2. The lowest BCUT2D eigenvalue weighted by atomic mass is 10.2. The number of nitrogens with one attached hydrogen (secondary N) is 1. The van der Waals surface area contributed by atoms with E-state index in [0.717, 1.165) is 37.4 Å². The Morgan fingerprint density at radius 1 is 1.35 bits per heavy atom. The molecule has 0 amide bonds. The number of hydrogen-bond donors (Lipinski definition) is 2. The first kappa shape index (κ1) is 19.7. The van der Waals surface area contributed by atoms with E-state index < -0.39 is 6.10 Å². The van der Waals surface area contributed by atoms with Crippen molar-refractivity contribution >= 4 is 6.21 Å². The Morgan fingerprint density at radius 3 is 2.83 bits per heavy atom. The third-order valence-corrected chi connectivity index (χ3v) is 3.73. The van der Waals surface area contributed by atoms with E-state index in [1.54, 1.807) is 19.3 Å². The molecule has 1 atom stereocenters. The number of unbranched alkanes of at least 4 members (excludes halogenated alkanes) is 1. The SMILES string of the molecule is CCN(CC)CCCCNCc1cc(C=NCC(C)O)ccn1. The summed E-state index contributed by atoms with van der Waals surface area (Å²) in [5.41, 5.74) is 2.05. The summed E-state index contributed by atoms with van der Waals surface area (Å²) < 4.78 is 0. The number of aliphatic hydroxyl groups is 1. The minimum atomic E-state index is -0.398. The molecule has 0 fully saturated rings. The Kier molecular flexibility index (Phi) is 10.4. The molecule has 5 heteroatoms. The smallest absolute Gasteiger partial charge is 0.0707 e. The highest BCUT2D eigenvalue weighted by atomic mass is 16.3. The molecule has 1 aromatic rings. The number of nitrogens with zero attached hydrogens (tertiary/aromatic N) is 3. The van der Waals surface area contributed by atoms with Gasteiger partial charge in [0.25, 0.3) is 0 Å². The lowest BCUT2D eigenvalue weighted by molar-refractivity contribution is 0.204. The molecule has 0 aliphatic rings. The van der Waals surface area contributed by atoms with Crippen LogP contribution in [0, 0.1) is 0 Å². The number of aliphatic hydroxyl groups excluding tert-OH is 1. The van der Waals surface area contributed by atoms with Gasteiger partial charge in [-0.15, -0.1) is 0 Å². The van der Waals surface area contributed by atoms with Crippen LogP contribution >= 0.6 is 0 Å². The molecule has 2 N–H and O–H groups in total. The average Bonchev–Trinajstić information content (AvgIpc) is 2.54. The number of hydrogen-bond acceptors (Lipinski definition) is 5. The molecule has 130 valence electrons. The molecular formula is C18H32N4O. The van der Waals surface area contributed by atoms with Crippen molar-refractivity contribution < 1.29 is 5.11 Å². The first-order valence-corrected chi connectivity index (χ1v) is 8.71. The predicted octanol–water partition coefficient (Wildman–Crippen LogP) is 2.09. The summed E-state index contributed by atoms with van der Waals surface area (Å²) in [6.45, 7) is 11.8. The van der Waals surface area contributed by atoms with E-state index in [2.05, 4.69) is 34.0 Å². The van der Waals surface area contributed by atoms with Crippen molar-refractivity contribution in [1.29, 1.82) is 0 Å². The van der Waals surface area contributed by atoms with Gasteiger partial charge in [-0.1, -0.05) is 13.8 Å². The van der Waals surface area contributed by atoms with Crippen molar-refractivity contribution in [3.63, 3.8) is 0 Å². The van der Waals surface area contributed by atoms with Gasteiger partial charge in [-0.3, -0.25) is 9.98 Å². The lowest BCUT2D eigenvalue weighted by Crippen LogP contribution is -2.25. The van der Waals surface area contributed by atoms with E-state index >= 15 is 0 Å². The summed E-state index contributed by atoms with van der Waals surface area (Å²) >= 11 is 0. The van der Waals surface area contributed by atoms with Crippen LogP contribution in [-0.2, 0) is 6.54 Å². The van der Waals surface area contributed by atoms with Gasteiger partial charge in [-0.2, -0.15) is 0 Å². The Bertz CT molecular complexity index is 444. The minimum absolute atomic E-state index is 0.398. The molecule has 0 radical (unpaired) electrons. The standard InChI is InChI=1S/C18H32N4O/c1-4-22(5-2)11-7-6-9-19-15-18-12-17(8-10-21-18)14-20-13-16(3)23/h8,10,12,14,16,19,23H,4-7,9,11,13,15H2,1-3H3. The van der Waals surface area contributed by atoms with Crippen molar-refractivity contribution in [1.82, 2.24) is 15.2 Å². The first-order valence-electron chi connectivity index (χ1n) is 8.71. The van der Waals surface area contributed by atoms with Gasteiger partial charge in [0.05, 0.1) is 18.3 Å². The molecular weight excluding hydrogens is 288 g/mol. The van der Waals surface area contributed by atoms with Crippen molar-refractivity contribution in [2.45, 2.75) is 46.3 Å². The van der Waals surface area contributed by atoms with Gasteiger partial charge >= 0.3 is 0 Å². The zero-order chi connectivity index (χ0) is 16.9. The highest BCUT2D eigenvalue weighted by Gasteiger charge is 1.99. The summed E-state index contributed by atoms with van der Waals surface area (Å²) in [6.07, 6.45) is 5.62. The molecule has 1 unspecified atom stereocenters. The molecule has 0 aromatic carbocycles. The van der Waals surface area contributed by atoms with E-state index in [4.69, 9.17) is 0 Å². The maximum atomic E-state index is 9.20. The van der Waals surface area contributed by atoms with Crippen LogP contribution in [0.4, 0.5) is 0 Å². The quantitative estimate of drug-likeness (QED) is 0.457. The fraction of sp³-hybridized carbons (Fsp3) is 0.667.